The van der Waals surface area contributed by atoms with Gasteiger partial charge in [-0.2, -0.15) is 0 Å². The molecule has 67 heavy (non-hydrogen) atoms. The van der Waals surface area contributed by atoms with Crippen LogP contribution in [0.1, 0.15) is 82.7 Å². The lowest BCUT2D eigenvalue weighted by molar-refractivity contribution is -0.155. The molecule has 7 heterocycles. The molecule has 17 nitrogen and oxygen atoms in total. The highest BCUT2D eigenvalue weighted by molar-refractivity contribution is 7.10. The number of thiazole rings is 1. The Balaban J connectivity index is 1.12. The van der Waals surface area contributed by atoms with Gasteiger partial charge in [-0.05, 0) is 74.8 Å². The van der Waals surface area contributed by atoms with Crippen LogP contribution in [-0.2, 0) is 48.5 Å². The van der Waals surface area contributed by atoms with Crippen LogP contribution in [0.4, 0.5) is 4.79 Å². The summed E-state index contributed by atoms with van der Waals surface area (Å²) in [6, 6.07) is 6.91. The largest absolute Gasteiger partial charge is 0.464 e. The van der Waals surface area contributed by atoms with E-state index in [9.17, 15) is 24.0 Å². The van der Waals surface area contributed by atoms with E-state index in [4.69, 9.17) is 19.4 Å². The molecule has 8 rings (SSSR count). The molecule has 5 amide bonds. The van der Waals surface area contributed by atoms with Crippen molar-refractivity contribution < 1.29 is 33.4 Å². The second kappa shape index (κ2) is 19.7. The molecule has 360 valence electrons. The summed E-state index contributed by atoms with van der Waals surface area (Å²) in [5, 5.41) is 11.2. The molecule has 18 heteroatoms. The molecular weight excluding hydrogens is 873 g/mol. The molecule has 0 saturated carbocycles. The number of carbonyl (C=O) groups is 5. The number of urea groups is 1. The third kappa shape index (κ3) is 10.1. The fourth-order valence-corrected chi connectivity index (χ4v) is 10.8. The Hall–Kier alpha value is -5.43. The predicted octanol–water partition coefficient (Wildman–Crippen LogP) is 4.69. The smallest absolute Gasteiger partial charge is 0.324 e. The van der Waals surface area contributed by atoms with Crippen molar-refractivity contribution in [2.24, 2.45) is 18.4 Å². The van der Waals surface area contributed by atoms with Gasteiger partial charge in [-0.15, -0.1) is 11.3 Å². The summed E-state index contributed by atoms with van der Waals surface area (Å²) >= 11 is 1.41. The van der Waals surface area contributed by atoms with Gasteiger partial charge in [0.15, 0.2) is 0 Å². The number of likely N-dealkylation sites (N-methyl/N-ethyl adjacent to an activating group) is 2. The van der Waals surface area contributed by atoms with Gasteiger partial charge in [-0.3, -0.25) is 29.2 Å². The van der Waals surface area contributed by atoms with E-state index in [1.807, 2.05) is 32.2 Å². The number of nitrogens with one attached hydrogen (secondary N) is 3. The number of aryl methyl sites for hydroxylation is 1. The topological polar surface area (TPSA) is 193 Å². The minimum atomic E-state index is -1.08. The molecule has 1 aromatic carbocycles. The molecule has 4 aliphatic heterocycles. The molecule has 3 saturated heterocycles. The predicted molar refractivity (Wildman–Crippen MR) is 256 cm³/mol. The maximum atomic E-state index is 14.7. The second-order valence-electron chi connectivity index (χ2n) is 19.8. The number of piperidine rings is 1. The van der Waals surface area contributed by atoms with Gasteiger partial charge in [-0.25, -0.2) is 15.2 Å². The Labute approximate surface area is 396 Å². The number of amides is 5. The number of aromatic nitrogens is 3. The number of pyridine rings is 1. The van der Waals surface area contributed by atoms with Crippen LogP contribution < -0.4 is 16.1 Å². The van der Waals surface area contributed by atoms with Crippen LogP contribution in [0.15, 0.2) is 41.9 Å². The van der Waals surface area contributed by atoms with E-state index < -0.39 is 41.3 Å². The molecule has 0 aliphatic carbocycles. The Morgan fingerprint density at radius 1 is 1.07 bits per heavy atom. The molecule has 3 aromatic heterocycles. The van der Waals surface area contributed by atoms with Crippen LogP contribution in [0, 0.1) is 11.3 Å². The van der Waals surface area contributed by atoms with Gasteiger partial charge in [0.05, 0.1) is 40.8 Å². The molecule has 4 aromatic rings. The third-order valence-electron chi connectivity index (χ3n) is 13.9. The number of ether oxygens (including phenoxy) is 2. The normalized spacial score (nSPS) is 23.0. The van der Waals surface area contributed by atoms with Crippen LogP contribution in [0.2, 0.25) is 0 Å². The van der Waals surface area contributed by atoms with Crippen molar-refractivity contribution in [1.82, 2.24) is 50.3 Å². The van der Waals surface area contributed by atoms with Gasteiger partial charge < -0.3 is 39.4 Å². The summed E-state index contributed by atoms with van der Waals surface area (Å²) in [6.07, 6.45) is 4.69. The first kappa shape index (κ1) is 48.0. The minimum Gasteiger partial charge on any atom is -0.464 e. The standard InChI is InChI=1S/C49H66N10O7S/c1-28(2)42(57(8)48(64)58-19-11-13-31(25-58)55(6)45(61)37-24-51-37)44(60)53-36-22-40-52-38(26-67-40)30-16-17-39-33(21-30)34(43(56(39)7)32-14-10-18-50-41(32)29(3)65-9)23-49(4,5)27-66-47(63)35-15-12-20-59(54-35)46(36)62/h10,14,16-18,21,26,28-29,31,35-37,42,51,54H,11-13,15,19-20,22-25,27H2,1-9H3,(H,53,60)/t29-,31-,35-,36-,37+,42-/m0/s1. The van der Waals surface area contributed by atoms with E-state index in [0.717, 1.165) is 57.5 Å². The molecule has 3 fully saturated rings. The van der Waals surface area contributed by atoms with E-state index in [-0.39, 0.29) is 49.1 Å². The number of rotatable bonds is 9. The molecule has 4 aliphatic rings. The Bertz CT molecular complexity index is 2520. The van der Waals surface area contributed by atoms with Gasteiger partial charge in [0.2, 0.25) is 11.8 Å². The molecule has 0 spiro atoms. The number of fused-ring (bicyclic) bond motifs is 6. The fourth-order valence-electron chi connectivity index (χ4n) is 10.00. The lowest BCUT2D eigenvalue weighted by atomic mass is 9.84. The number of esters is 1. The van der Waals surface area contributed by atoms with E-state index in [0.29, 0.717) is 50.4 Å². The van der Waals surface area contributed by atoms with Crippen molar-refractivity contribution in [3.63, 3.8) is 0 Å². The number of methoxy groups -OCH3 is 1. The highest BCUT2D eigenvalue weighted by atomic mass is 32.1. The molecule has 0 radical (unpaired) electrons. The average Bonchev–Trinajstić information content (AvgIpc) is 4.02. The number of hydrogen-bond acceptors (Lipinski definition) is 12. The van der Waals surface area contributed by atoms with Gasteiger partial charge >= 0.3 is 12.0 Å². The van der Waals surface area contributed by atoms with E-state index in [1.165, 1.54) is 21.2 Å². The number of hydrazine groups is 1. The maximum Gasteiger partial charge on any atom is 0.324 e. The lowest BCUT2D eigenvalue weighted by Gasteiger charge is -2.41. The highest BCUT2D eigenvalue weighted by Gasteiger charge is 2.41. The lowest BCUT2D eigenvalue weighted by Crippen LogP contribution is -2.63. The highest BCUT2D eigenvalue weighted by Crippen LogP contribution is 2.41. The van der Waals surface area contributed by atoms with Crippen molar-refractivity contribution in [2.45, 2.75) is 109 Å². The number of cyclic esters (lactones) is 1. The number of carbonyl (C=O) groups excluding carboxylic acids is 5. The van der Waals surface area contributed by atoms with E-state index >= 15 is 0 Å². The van der Waals surface area contributed by atoms with Gasteiger partial charge in [0.25, 0.3) is 5.91 Å². The van der Waals surface area contributed by atoms with Crippen LogP contribution in [0.3, 0.4) is 0 Å². The number of likely N-dealkylation sites (tertiary alicyclic amines) is 1. The van der Waals surface area contributed by atoms with Crippen molar-refractivity contribution >= 4 is 52.0 Å². The zero-order chi connectivity index (χ0) is 47.9. The molecule has 0 unspecified atom stereocenters. The van der Waals surface area contributed by atoms with Gasteiger partial charge in [0.1, 0.15) is 18.1 Å². The van der Waals surface area contributed by atoms with Gasteiger partial charge in [-0.1, -0.05) is 33.8 Å². The van der Waals surface area contributed by atoms with Crippen molar-refractivity contribution in [1.29, 1.82) is 0 Å². The van der Waals surface area contributed by atoms with Crippen molar-refractivity contribution in [2.75, 3.05) is 54.0 Å². The summed E-state index contributed by atoms with van der Waals surface area (Å²) in [5.41, 5.74) is 9.16. The third-order valence-corrected chi connectivity index (χ3v) is 14.7. The van der Waals surface area contributed by atoms with E-state index in [2.05, 4.69) is 65.8 Å². The number of nitrogens with zero attached hydrogens (tertiary/aromatic N) is 7. The number of benzene rings is 1. The van der Waals surface area contributed by atoms with E-state index in [1.54, 1.807) is 37.2 Å². The zero-order valence-electron chi connectivity index (χ0n) is 40.3. The summed E-state index contributed by atoms with van der Waals surface area (Å²) in [5.74, 6) is -1.65. The minimum absolute atomic E-state index is 0.0215. The summed E-state index contributed by atoms with van der Waals surface area (Å²) in [6.45, 7) is 11.9. The Morgan fingerprint density at radius 2 is 1.84 bits per heavy atom. The van der Waals surface area contributed by atoms with Gasteiger partial charge in [0, 0.05) is 106 Å². The molecule has 6 bridgehead atoms. The molecule has 3 N–H and O–H groups in total. The van der Waals surface area contributed by atoms with Crippen molar-refractivity contribution in [3.05, 3.63) is 58.2 Å². The Morgan fingerprint density at radius 3 is 2.57 bits per heavy atom. The average molecular weight is 939 g/mol. The van der Waals surface area contributed by atoms with Crippen molar-refractivity contribution in [3.8, 4) is 22.5 Å². The zero-order valence-corrected chi connectivity index (χ0v) is 41.1. The van der Waals surface area contributed by atoms with Crippen LogP contribution in [0.5, 0.6) is 0 Å². The van der Waals surface area contributed by atoms with Crippen LogP contribution >= 0.6 is 11.3 Å². The number of hydrogen-bond donors (Lipinski definition) is 3. The second-order valence-corrected chi connectivity index (χ2v) is 20.8. The monoisotopic (exact) mass is 938 g/mol. The van der Waals surface area contributed by atoms with Crippen LogP contribution in [0.25, 0.3) is 33.4 Å². The van der Waals surface area contributed by atoms with Crippen LogP contribution in [-0.4, -0.2) is 148 Å². The SMILES string of the molecule is CO[C@@H](C)c1ncccc1-c1c2c3cc(ccc3n1C)-c1csc(n1)C[C@H](NC(=O)[C@H](C(C)C)N(C)C(=O)N1CCC[C@H](N(C)C(=O)[C@H]3CN3)C1)C(=O)N1CCC[C@H](N1)C(=O)OCC(C)(C)C2. The summed E-state index contributed by atoms with van der Waals surface area (Å²) in [7, 11) is 7.14. The molecular formula is C49H66N10O7S. The summed E-state index contributed by atoms with van der Waals surface area (Å²) < 4.78 is 14.1. The quantitative estimate of drug-likeness (QED) is 0.156. The first-order chi connectivity index (χ1) is 32.0. The summed E-state index contributed by atoms with van der Waals surface area (Å²) in [4.78, 5) is 85.0. The first-order valence-corrected chi connectivity index (χ1v) is 24.4. The fraction of sp³-hybridized carbons (Fsp3) is 0.571. The Kier molecular flexibility index (Phi) is 14.1. The maximum absolute atomic E-state index is 14.7. The molecule has 6 atom stereocenters. The first-order valence-electron chi connectivity index (χ1n) is 23.6.